The minimum absolute atomic E-state index is 0.122. The molecule has 1 aromatic rings. The number of aliphatic hydroxyl groups excluding tert-OH is 1. The van der Waals surface area contributed by atoms with Gasteiger partial charge in [0, 0.05) is 19.0 Å². The van der Waals surface area contributed by atoms with Crippen molar-refractivity contribution in [1.82, 2.24) is 9.55 Å². The molecule has 1 aliphatic rings. The molecule has 0 saturated carbocycles. The summed E-state index contributed by atoms with van der Waals surface area (Å²) < 4.78 is 12.0. The van der Waals surface area contributed by atoms with Gasteiger partial charge >= 0.3 is 11.7 Å². The van der Waals surface area contributed by atoms with Gasteiger partial charge in [-0.25, -0.2) is 4.79 Å². The molecule has 1 aromatic heterocycles. The summed E-state index contributed by atoms with van der Waals surface area (Å²) in [6, 6.07) is 1.48. The molecule has 0 bridgehead atoms. The van der Waals surface area contributed by atoms with E-state index in [1.54, 1.807) is 6.92 Å². The summed E-state index contributed by atoms with van der Waals surface area (Å²) in [7, 11) is 0. The van der Waals surface area contributed by atoms with E-state index in [9.17, 15) is 14.7 Å². The van der Waals surface area contributed by atoms with Crippen molar-refractivity contribution in [3.8, 4) is 0 Å². The highest BCUT2D eigenvalue weighted by Crippen LogP contribution is 2.29. The molecule has 0 amide bonds. The predicted molar refractivity (Wildman–Crippen MR) is 68.7 cm³/mol. The second kappa shape index (κ2) is 6.02. The lowest BCUT2D eigenvalue weighted by atomic mass is 10.2. The van der Waals surface area contributed by atoms with Crippen LogP contribution >= 0.6 is 0 Å². The van der Waals surface area contributed by atoms with Gasteiger partial charge in [0.05, 0.1) is 6.61 Å². The molecule has 8 nitrogen and oxygen atoms in total. The molecule has 110 valence electrons. The fraction of sp³-hybridized carbons (Fsp3) is 0.583. The van der Waals surface area contributed by atoms with Crippen molar-refractivity contribution in [3.63, 3.8) is 0 Å². The summed E-state index contributed by atoms with van der Waals surface area (Å²) in [6.07, 6.45) is 0.114. The molecule has 3 unspecified atom stereocenters. The van der Waals surface area contributed by atoms with Crippen molar-refractivity contribution < 1.29 is 19.4 Å². The first-order valence-electron chi connectivity index (χ1n) is 6.35. The van der Waals surface area contributed by atoms with Gasteiger partial charge in [0.1, 0.15) is 24.3 Å². The van der Waals surface area contributed by atoms with E-state index < -0.39 is 24.1 Å². The lowest BCUT2D eigenvalue weighted by molar-refractivity contribution is -0.152. The quantitative estimate of drug-likeness (QED) is 0.710. The number of carbonyl (C=O) groups is 1. The second-order valence-corrected chi connectivity index (χ2v) is 4.47. The first kappa shape index (κ1) is 14.5. The third-order valence-electron chi connectivity index (χ3n) is 3.09. The van der Waals surface area contributed by atoms with E-state index in [2.05, 4.69) is 4.98 Å². The fourth-order valence-electron chi connectivity index (χ4n) is 2.06. The standard InChI is InChI=1S/C12H17N3O5/c1-2-11(17)20-7-5-10(19-8(7)6-16)15-4-3-9(13)14-12(15)18/h3-4,7-8,10,16H,2,5-6H2,1H3,(H2,13,14,18). The lowest BCUT2D eigenvalue weighted by Gasteiger charge is -2.15. The number of aromatic nitrogens is 2. The molecule has 1 saturated heterocycles. The monoisotopic (exact) mass is 283 g/mol. The van der Waals surface area contributed by atoms with Crippen molar-refractivity contribution in [3.05, 3.63) is 22.7 Å². The molecule has 20 heavy (non-hydrogen) atoms. The molecular weight excluding hydrogens is 266 g/mol. The van der Waals surface area contributed by atoms with E-state index in [4.69, 9.17) is 15.2 Å². The first-order chi connectivity index (χ1) is 9.55. The number of rotatable bonds is 4. The largest absolute Gasteiger partial charge is 0.459 e. The third-order valence-corrected chi connectivity index (χ3v) is 3.09. The van der Waals surface area contributed by atoms with Gasteiger partial charge in [-0.05, 0) is 6.07 Å². The number of nitrogens with zero attached hydrogens (tertiary/aromatic N) is 2. The average Bonchev–Trinajstić information content (AvgIpc) is 2.81. The number of hydrogen-bond donors (Lipinski definition) is 2. The smallest absolute Gasteiger partial charge is 0.351 e. The maximum atomic E-state index is 11.7. The zero-order chi connectivity index (χ0) is 14.7. The molecule has 3 atom stereocenters. The van der Waals surface area contributed by atoms with E-state index in [0.717, 1.165) is 0 Å². The van der Waals surface area contributed by atoms with Crippen molar-refractivity contribution in [2.75, 3.05) is 12.3 Å². The Morgan fingerprint density at radius 1 is 1.70 bits per heavy atom. The third kappa shape index (κ3) is 2.97. The van der Waals surface area contributed by atoms with Gasteiger partial charge < -0.3 is 20.3 Å². The van der Waals surface area contributed by atoms with Crippen molar-refractivity contribution in [2.45, 2.75) is 38.2 Å². The zero-order valence-corrected chi connectivity index (χ0v) is 11.1. The van der Waals surface area contributed by atoms with Crippen LogP contribution in [0.2, 0.25) is 0 Å². The van der Waals surface area contributed by atoms with Crippen LogP contribution in [0, 0.1) is 0 Å². The van der Waals surface area contributed by atoms with Crippen molar-refractivity contribution in [2.24, 2.45) is 0 Å². The Kier molecular flexibility index (Phi) is 4.35. The number of aliphatic hydroxyl groups is 1. The maximum absolute atomic E-state index is 11.7. The summed E-state index contributed by atoms with van der Waals surface area (Å²) in [5.74, 6) is -0.252. The van der Waals surface area contributed by atoms with Crippen LogP contribution in [-0.4, -0.2) is 39.4 Å². The number of ether oxygens (including phenoxy) is 2. The Balaban J connectivity index is 2.15. The number of anilines is 1. The van der Waals surface area contributed by atoms with E-state index in [-0.39, 0.29) is 31.2 Å². The van der Waals surface area contributed by atoms with Crippen LogP contribution in [0.5, 0.6) is 0 Å². The van der Waals surface area contributed by atoms with E-state index in [1.165, 1.54) is 16.8 Å². The van der Waals surface area contributed by atoms with Gasteiger partial charge in [0.15, 0.2) is 0 Å². The summed E-state index contributed by atoms with van der Waals surface area (Å²) in [5.41, 5.74) is 4.87. The number of carbonyl (C=O) groups excluding carboxylic acids is 1. The van der Waals surface area contributed by atoms with Gasteiger partial charge in [-0.3, -0.25) is 9.36 Å². The van der Waals surface area contributed by atoms with Crippen LogP contribution in [0.3, 0.4) is 0 Å². The molecule has 2 rings (SSSR count). The molecule has 8 heteroatoms. The molecular formula is C12H17N3O5. The highest BCUT2D eigenvalue weighted by atomic mass is 16.6. The summed E-state index contributed by atoms with van der Waals surface area (Å²) in [4.78, 5) is 26.7. The number of nitrogens with two attached hydrogens (primary N) is 1. The average molecular weight is 283 g/mol. The van der Waals surface area contributed by atoms with Gasteiger partial charge in [0.2, 0.25) is 0 Å². The molecule has 0 spiro atoms. The molecule has 2 heterocycles. The van der Waals surface area contributed by atoms with E-state index in [0.29, 0.717) is 0 Å². The molecule has 0 radical (unpaired) electrons. The maximum Gasteiger partial charge on any atom is 0.351 e. The second-order valence-electron chi connectivity index (χ2n) is 4.47. The van der Waals surface area contributed by atoms with Crippen molar-refractivity contribution >= 4 is 11.8 Å². The molecule has 0 aliphatic carbocycles. The Hall–Kier alpha value is -1.93. The first-order valence-corrected chi connectivity index (χ1v) is 6.35. The topological polar surface area (TPSA) is 117 Å². The lowest BCUT2D eigenvalue weighted by Crippen LogP contribution is -2.29. The molecule has 0 aromatic carbocycles. The van der Waals surface area contributed by atoms with Gasteiger partial charge in [-0.15, -0.1) is 0 Å². The summed E-state index contributed by atoms with van der Waals surface area (Å²) >= 11 is 0. The Bertz CT molecular complexity index is 544. The minimum atomic E-state index is -0.653. The molecule has 1 fully saturated rings. The van der Waals surface area contributed by atoms with Gasteiger partial charge in [-0.2, -0.15) is 4.98 Å². The molecule has 1 aliphatic heterocycles. The van der Waals surface area contributed by atoms with Crippen LogP contribution in [-0.2, 0) is 14.3 Å². The Morgan fingerprint density at radius 2 is 2.45 bits per heavy atom. The highest BCUT2D eigenvalue weighted by Gasteiger charge is 2.38. The zero-order valence-electron chi connectivity index (χ0n) is 11.1. The van der Waals surface area contributed by atoms with Crippen LogP contribution in [0.1, 0.15) is 26.0 Å². The fourth-order valence-corrected chi connectivity index (χ4v) is 2.06. The van der Waals surface area contributed by atoms with Crippen LogP contribution in [0.15, 0.2) is 17.1 Å². The van der Waals surface area contributed by atoms with Crippen LogP contribution in [0.4, 0.5) is 5.82 Å². The SMILES string of the molecule is CCC(=O)OC1CC(n2ccc(N)nc2=O)OC1CO. The normalized spacial score (nSPS) is 25.6. The summed E-state index contributed by atoms with van der Waals surface area (Å²) in [6.45, 7) is 1.38. The minimum Gasteiger partial charge on any atom is -0.459 e. The predicted octanol–water partition coefficient (Wildman–Crippen LogP) is -0.573. The van der Waals surface area contributed by atoms with Gasteiger partial charge in [-0.1, -0.05) is 6.92 Å². The van der Waals surface area contributed by atoms with E-state index >= 15 is 0 Å². The number of nitrogen functional groups attached to an aromatic ring is 1. The Labute approximate surface area is 115 Å². The van der Waals surface area contributed by atoms with Crippen LogP contribution < -0.4 is 11.4 Å². The Morgan fingerprint density at radius 3 is 3.05 bits per heavy atom. The van der Waals surface area contributed by atoms with E-state index in [1.807, 2.05) is 0 Å². The molecule has 3 N–H and O–H groups in total. The van der Waals surface area contributed by atoms with Crippen LogP contribution in [0.25, 0.3) is 0 Å². The van der Waals surface area contributed by atoms with Crippen molar-refractivity contribution in [1.29, 1.82) is 0 Å². The number of esters is 1. The number of hydrogen-bond acceptors (Lipinski definition) is 7. The highest BCUT2D eigenvalue weighted by molar-refractivity contribution is 5.69. The summed E-state index contributed by atoms with van der Waals surface area (Å²) in [5, 5.41) is 9.26. The van der Waals surface area contributed by atoms with Gasteiger partial charge in [0.25, 0.3) is 0 Å².